The number of nitrogens with zero attached hydrogens (tertiary/aromatic N) is 5. The zero-order valence-corrected chi connectivity index (χ0v) is 36.6. The summed E-state index contributed by atoms with van der Waals surface area (Å²) in [5, 5.41) is 16.6. The smallest absolute Gasteiger partial charge is 0.258 e. The van der Waals surface area contributed by atoms with Gasteiger partial charge in [0.2, 0.25) is 15.9 Å². The summed E-state index contributed by atoms with van der Waals surface area (Å²) in [6.45, 7) is 7.34. The molecule has 2 aromatic heterocycles. The molecule has 5 aliphatic rings. The summed E-state index contributed by atoms with van der Waals surface area (Å²) < 4.78 is 38.0. The molecule has 2 aromatic carbocycles. The van der Waals surface area contributed by atoms with Crippen LogP contribution in [0.3, 0.4) is 0 Å². The van der Waals surface area contributed by atoms with Crippen LogP contribution in [0.5, 0.6) is 5.75 Å². The number of allylic oxidation sites excluding steroid dienone is 1. The Balaban J connectivity index is 1.23. The second kappa shape index (κ2) is 15.8. The van der Waals surface area contributed by atoms with Gasteiger partial charge in [-0.2, -0.15) is 5.10 Å². The minimum Gasteiger partial charge on any atom is -0.497 e. The molecule has 3 saturated heterocycles. The minimum absolute atomic E-state index is 0.0201. The van der Waals surface area contributed by atoms with Crippen molar-refractivity contribution < 1.29 is 27.9 Å². The average molecular weight is 837 g/mol. The Bertz CT molecular complexity index is 2450. The second-order valence-electron chi connectivity index (χ2n) is 18.8. The lowest BCUT2D eigenvalue weighted by molar-refractivity contribution is -0.118. The van der Waals surface area contributed by atoms with E-state index in [-0.39, 0.29) is 30.5 Å². The number of nitrogens with one attached hydrogen (secondary N) is 1. The molecule has 320 valence electrons. The molecule has 4 aromatic rings. The molecule has 4 aliphatic heterocycles. The van der Waals surface area contributed by atoms with E-state index >= 15 is 4.79 Å². The van der Waals surface area contributed by atoms with Crippen LogP contribution >= 0.6 is 0 Å². The number of piperidine rings is 2. The van der Waals surface area contributed by atoms with Crippen LogP contribution < -0.4 is 9.46 Å². The number of methoxy groups -OCH3 is 1. The van der Waals surface area contributed by atoms with Crippen molar-refractivity contribution in [2.24, 2.45) is 0 Å². The van der Waals surface area contributed by atoms with Gasteiger partial charge in [-0.05, 0) is 151 Å². The fourth-order valence-corrected chi connectivity index (χ4v) is 11.8. The summed E-state index contributed by atoms with van der Waals surface area (Å²) in [5.41, 5.74) is 7.85. The Labute approximate surface area is 354 Å². The van der Waals surface area contributed by atoms with Gasteiger partial charge in [0.25, 0.3) is 5.91 Å². The van der Waals surface area contributed by atoms with Crippen LogP contribution in [0.1, 0.15) is 136 Å². The number of hydrogen-bond acceptors (Lipinski definition) is 8. The van der Waals surface area contributed by atoms with E-state index in [0.717, 1.165) is 115 Å². The van der Waals surface area contributed by atoms with E-state index in [0.29, 0.717) is 30.9 Å². The third-order valence-corrected chi connectivity index (χ3v) is 15.9. The van der Waals surface area contributed by atoms with Crippen LogP contribution in [-0.4, -0.2) is 99.7 Å². The van der Waals surface area contributed by atoms with E-state index in [1.54, 1.807) is 27.2 Å². The number of aliphatic hydroxyl groups is 1. The third-order valence-electron chi connectivity index (χ3n) is 14.2. The van der Waals surface area contributed by atoms with E-state index in [1.165, 1.54) is 12.0 Å². The maximum Gasteiger partial charge on any atom is 0.258 e. The number of amides is 2. The number of fused-ring (bicyclic) bond motifs is 7. The first-order valence-corrected chi connectivity index (χ1v) is 23.7. The fourth-order valence-electron chi connectivity index (χ4n) is 11.1. The van der Waals surface area contributed by atoms with Gasteiger partial charge < -0.3 is 24.2 Å². The predicted molar refractivity (Wildman–Crippen MR) is 234 cm³/mol. The molecule has 2 amide bonds. The minimum atomic E-state index is -3.78. The molecule has 12 nitrogen and oxygen atoms in total. The number of carbonyl (C=O) groups is 2. The molecule has 2 N–H and O–H groups in total. The molecular weight excluding hydrogens is 777 g/mol. The van der Waals surface area contributed by atoms with Crippen LogP contribution in [-0.2, 0) is 27.8 Å². The van der Waals surface area contributed by atoms with Crippen molar-refractivity contribution in [3.63, 3.8) is 0 Å². The highest BCUT2D eigenvalue weighted by atomic mass is 32.2. The highest BCUT2D eigenvalue weighted by Gasteiger charge is 2.48. The number of hydrogen-bond donors (Lipinski definition) is 2. The summed E-state index contributed by atoms with van der Waals surface area (Å²) >= 11 is 0. The molecular formula is C47H60N6O6S. The lowest BCUT2D eigenvalue weighted by atomic mass is 9.81. The molecule has 60 heavy (non-hydrogen) atoms. The van der Waals surface area contributed by atoms with E-state index < -0.39 is 26.8 Å². The normalized spacial score (nSPS) is 24.0. The summed E-state index contributed by atoms with van der Waals surface area (Å²) in [6, 6.07) is 12.5. The van der Waals surface area contributed by atoms with Crippen LogP contribution in [0.15, 0.2) is 42.6 Å². The SMILES string of the molecule is COc1ccc2c(c1)C=C(c1c(C(=O)N3C4CCC3CC(C)(O)C4)cnn1C1CCN(C)CC1)Cn1c-2c(C2CCCCC2)c2ccc(CC(=O)NS(=O)(=O)C(C)C)cc21. The summed E-state index contributed by atoms with van der Waals surface area (Å²) in [4.78, 5) is 32.8. The number of aromatic nitrogens is 3. The molecule has 1 saturated carbocycles. The van der Waals surface area contributed by atoms with Crippen LogP contribution in [0.2, 0.25) is 0 Å². The molecule has 2 unspecified atom stereocenters. The van der Waals surface area contributed by atoms with Gasteiger partial charge in [-0.1, -0.05) is 31.4 Å². The third kappa shape index (κ3) is 7.48. The molecule has 2 bridgehead atoms. The summed E-state index contributed by atoms with van der Waals surface area (Å²) in [6.07, 6.45) is 14.4. The van der Waals surface area contributed by atoms with Crippen molar-refractivity contribution in [2.45, 2.75) is 139 Å². The van der Waals surface area contributed by atoms with Crippen molar-refractivity contribution in [2.75, 3.05) is 27.2 Å². The van der Waals surface area contributed by atoms with E-state index in [9.17, 15) is 18.3 Å². The maximum absolute atomic E-state index is 15.1. The topological polar surface area (TPSA) is 139 Å². The zero-order chi connectivity index (χ0) is 42.1. The van der Waals surface area contributed by atoms with Crippen molar-refractivity contribution in [3.8, 4) is 17.0 Å². The molecule has 1 aliphatic carbocycles. The molecule has 0 radical (unpaired) electrons. The summed E-state index contributed by atoms with van der Waals surface area (Å²) in [7, 11) is 0.0563. The Hall–Kier alpha value is -4.46. The predicted octanol–water partition coefficient (Wildman–Crippen LogP) is 7.30. The quantitative estimate of drug-likeness (QED) is 0.179. The molecule has 0 spiro atoms. The van der Waals surface area contributed by atoms with Crippen molar-refractivity contribution in [1.29, 1.82) is 0 Å². The molecule has 9 rings (SSSR count). The summed E-state index contributed by atoms with van der Waals surface area (Å²) in [5.74, 6) is 0.505. The fraction of sp³-hybridized carbons (Fsp3) is 0.553. The largest absolute Gasteiger partial charge is 0.497 e. The van der Waals surface area contributed by atoms with Crippen LogP contribution in [0.25, 0.3) is 33.8 Å². The lowest BCUT2D eigenvalue weighted by Crippen LogP contribution is -2.52. The van der Waals surface area contributed by atoms with E-state index in [2.05, 4.69) is 61.2 Å². The Kier molecular flexibility index (Phi) is 10.8. The van der Waals surface area contributed by atoms with Gasteiger partial charge in [-0.15, -0.1) is 0 Å². The van der Waals surface area contributed by atoms with Gasteiger partial charge in [-0.25, -0.2) is 8.42 Å². The van der Waals surface area contributed by atoms with Crippen molar-refractivity contribution >= 4 is 44.4 Å². The highest BCUT2D eigenvalue weighted by Crippen LogP contribution is 2.49. The van der Waals surface area contributed by atoms with E-state index in [4.69, 9.17) is 9.84 Å². The molecule has 6 heterocycles. The van der Waals surface area contributed by atoms with Gasteiger partial charge in [0.1, 0.15) is 5.75 Å². The number of sulfonamides is 1. The Morgan fingerprint density at radius 1 is 0.950 bits per heavy atom. The van der Waals surface area contributed by atoms with Gasteiger partial charge >= 0.3 is 0 Å². The second-order valence-corrected chi connectivity index (χ2v) is 21.1. The van der Waals surface area contributed by atoms with E-state index in [1.807, 2.05) is 19.1 Å². The highest BCUT2D eigenvalue weighted by molar-refractivity contribution is 7.90. The first-order valence-electron chi connectivity index (χ1n) is 22.1. The van der Waals surface area contributed by atoms with Crippen molar-refractivity contribution in [1.82, 2.24) is 28.9 Å². The molecule has 13 heteroatoms. The number of ether oxygens (including phenoxy) is 1. The average Bonchev–Trinajstić information content (AvgIpc) is 3.84. The molecule has 2 atom stereocenters. The van der Waals surface area contributed by atoms with Crippen LogP contribution in [0.4, 0.5) is 0 Å². The number of rotatable bonds is 9. The maximum atomic E-state index is 15.1. The Morgan fingerprint density at radius 3 is 2.35 bits per heavy atom. The standard InChI is InChI=1S/C47H60N6O6S/c1-29(2)60(57,58)49-42(54)22-30-11-15-39-41(21-30)51-28-33(23-32-24-37(59-5)14-16-38(32)45(51)43(39)31-9-7-6-8-10-31)44-40(27-48-53(44)34-17-19-50(4)20-18-34)46(55)52-35-12-13-36(52)26-47(3,56)25-35/h11,14-16,21,23-24,27,29,31,34-36,56H,6-10,12-13,17-20,22,25-26,28H2,1-5H3,(H,49,54). The number of likely N-dealkylation sites (tertiary alicyclic amines) is 1. The first kappa shape index (κ1) is 40.9. The van der Waals surface area contributed by atoms with Gasteiger partial charge in [0.05, 0.1) is 60.1 Å². The number of carbonyl (C=O) groups excluding carboxylic acids is 2. The first-order chi connectivity index (χ1) is 28.7. The van der Waals surface area contributed by atoms with Gasteiger partial charge in [0, 0.05) is 28.6 Å². The lowest BCUT2D eigenvalue weighted by Gasteiger charge is -2.42. The number of benzene rings is 2. The zero-order valence-electron chi connectivity index (χ0n) is 35.7. The van der Waals surface area contributed by atoms with Gasteiger partial charge in [-0.3, -0.25) is 19.0 Å². The van der Waals surface area contributed by atoms with Crippen molar-refractivity contribution in [3.05, 3.63) is 70.5 Å². The Morgan fingerprint density at radius 2 is 1.67 bits per heavy atom. The molecule has 4 fully saturated rings. The van der Waals surface area contributed by atoms with Crippen LogP contribution in [0, 0.1) is 0 Å². The van der Waals surface area contributed by atoms with Gasteiger partial charge in [0.15, 0.2) is 0 Å². The monoisotopic (exact) mass is 836 g/mol.